The molecule has 1 aliphatic rings. The summed E-state index contributed by atoms with van der Waals surface area (Å²) in [5, 5.41) is -0.484. The van der Waals surface area contributed by atoms with Crippen molar-refractivity contribution in [2.75, 3.05) is 26.8 Å². The molecule has 2 aromatic carbocycles. The molecule has 3 rings (SSSR count). The number of nitrogens with zero attached hydrogens (tertiary/aromatic N) is 1. The summed E-state index contributed by atoms with van der Waals surface area (Å²) in [4.78, 5) is 14.4. The van der Waals surface area contributed by atoms with Crippen molar-refractivity contribution in [3.8, 4) is 11.5 Å². The van der Waals surface area contributed by atoms with Crippen LogP contribution in [0.15, 0.2) is 53.4 Å². The van der Waals surface area contributed by atoms with Gasteiger partial charge in [0.25, 0.3) is 5.91 Å². The Kier molecular flexibility index (Phi) is 6.24. The van der Waals surface area contributed by atoms with Crippen molar-refractivity contribution < 1.29 is 22.7 Å². The maximum Gasteiger partial charge on any atom is 0.260 e. The number of carbonyl (C=O) groups is 1. The maximum absolute atomic E-state index is 12.8. The minimum absolute atomic E-state index is 0.0409. The van der Waals surface area contributed by atoms with E-state index in [0.29, 0.717) is 42.3 Å². The number of benzene rings is 2. The lowest BCUT2D eigenvalue weighted by atomic mass is 10.1. The fraction of sp³-hybridized carbons (Fsp3) is 0.381. The van der Waals surface area contributed by atoms with E-state index >= 15 is 0 Å². The van der Waals surface area contributed by atoms with Gasteiger partial charge in [0, 0.05) is 13.1 Å². The lowest BCUT2D eigenvalue weighted by molar-refractivity contribution is -0.134. The second-order valence-electron chi connectivity index (χ2n) is 6.85. The van der Waals surface area contributed by atoms with Crippen LogP contribution in [0.3, 0.4) is 0 Å². The van der Waals surface area contributed by atoms with Crippen molar-refractivity contribution in [1.29, 1.82) is 0 Å². The number of sulfone groups is 1. The third-order valence-electron chi connectivity index (χ3n) is 5.07. The Morgan fingerprint density at radius 1 is 1.07 bits per heavy atom. The van der Waals surface area contributed by atoms with Crippen molar-refractivity contribution in [1.82, 2.24) is 4.90 Å². The molecule has 1 fully saturated rings. The highest BCUT2D eigenvalue weighted by Crippen LogP contribution is 2.26. The van der Waals surface area contributed by atoms with E-state index in [9.17, 15) is 13.2 Å². The first-order chi connectivity index (χ1) is 13.4. The van der Waals surface area contributed by atoms with Crippen molar-refractivity contribution in [3.63, 3.8) is 0 Å². The Hall–Kier alpha value is -2.54. The number of rotatable bonds is 6. The molecular weight excluding hydrogens is 378 g/mol. The number of carbonyl (C=O) groups excluding carboxylic acids is 1. The number of ether oxygens (including phenoxy) is 2. The third-order valence-corrected chi connectivity index (χ3v) is 7.34. The Balaban J connectivity index is 1.55. The summed E-state index contributed by atoms with van der Waals surface area (Å²) in [6.45, 7) is 2.71. The zero-order valence-electron chi connectivity index (χ0n) is 16.1. The summed E-state index contributed by atoms with van der Waals surface area (Å²) in [5.41, 5.74) is 0.972. The first-order valence-electron chi connectivity index (χ1n) is 9.26. The largest absolute Gasteiger partial charge is 0.497 e. The highest BCUT2D eigenvalue weighted by Gasteiger charge is 2.32. The summed E-state index contributed by atoms with van der Waals surface area (Å²) in [7, 11) is -1.88. The summed E-state index contributed by atoms with van der Waals surface area (Å²) in [6.07, 6.45) is 0.842. The molecule has 0 spiro atoms. The highest BCUT2D eigenvalue weighted by atomic mass is 32.2. The van der Waals surface area contributed by atoms with E-state index in [-0.39, 0.29) is 12.5 Å². The van der Waals surface area contributed by atoms with Crippen LogP contribution >= 0.6 is 0 Å². The molecule has 1 amide bonds. The molecule has 1 heterocycles. The molecule has 0 radical (unpaired) electrons. The molecule has 0 bridgehead atoms. The van der Waals surface area contributed by atoms with E-state index in [2.05, 4.69) is 0 Å². The van der Waals surface area contributed by atoms with E-state index in [1.807, 2.05) is 31.2 Å². The van der Waals surface area contributed by atoms with Crippen LogP contribution in [0.2, 0.25) is 0 Å². The van der Waals surface area contributed by atoms with E-state index in [1.165, 1.54) is 0 Å². The van der Waals surface area contributed by atoms with Gasteiger partial charge in [-0.3, -0.25) is 4.79 Å². The van der Waals surface area contributed by atoms with Gasteiger partial charge in [-0.25, -0.2) is 8.42 Å². The van der Waals surface area contributed by atoms with Crippen LogP contribution in [0.1, 0.15) is 18.4 Å². The van der Waals surface area contributed by atoms with Gasteiger partial charge in [-0.1, -0.05) is 18.2 Å². The fourth-order valence-electron chi connectivity index (χ4n) is 3.32. The van der Waals surface area contributed by atoms with E-state index in [1.54, 1.807) is 36.3 Å². The van der Waals surface area contributed by atoms with Gasteiger partial charge >= 0.3 is 0 Å². The lowest BCUT2D eigenvalue weighted by Crippen LogP contribution is -2.44. The molecule has 0 aliphatic carbocycles. The zero-order valence-corrected chi connectivity index (χ0v) is 16.9. The van der Waals surface area contributed by atoms with Crippen molar-refractivity contribution in [3.05, 3.63) is 54.1 Å². The summed E-state index contributed by atoms with van der Waals surface area (Å²) >= 11 is 0. The van der Waals surface area contributed by atoms with Gasteiger partial charge in [-0.15, -0.1) is 0 Å². The predicted octanol–water partition coefficient (Wildman–Crippen LogP) is 2.85. The summed E-state index contributed by atoms with van der Waals surface area (Å²) in [5.74, 6) is 1.18. The van der Waals surface area contributed by atoms with Gasteiger partial charge in [0.15, 0.2) is 16.4 Å². The molecule has 1 aliphatic heterocycles. The van der Waals surface area contributed by atoms with Gasteiger partial charge in [-0.05, 0) is 55.7 Å². The van der Waals surface area contributed by atoms with E-state index in [4.69, 9.17) is 9.47 Å². The number of amides is 1. The summed E-state index contributed by atoms with van der Waals surface area (Å²) in [6, 6.07) is 14.0. The second-order valence-corrected chi connectivity index (χ2v) is 9.08. The molecule has 150 valence electrons. The SMILES string of the molecule is COc1ccc(S(=O)(=O)C2CCN(C(=O)COc3ccccc3C)CC2)cc1. The smallest absolute Gasteiger partial charge is 0.260 e. The number of likely N-dealkylation sites (tertiary alicyclic amines) is 1. The Morgan fingerprint density at radius 3 is 2.32 bits per heavy atom. The first kappa shape index (κ1) is 20.2. The Bertz CT molecular complexity index is 916. The number of hydrogen-bond acceptors (Lipinski definition) is 5. The van der Waals surface area contributed by atoms with Crippen molar-refractivity contribution >= 4 is 15.7 Å². The van der Waals surface area contributed by atoms with Gasteiger partial charge in [0.05, 0.1) is 17.3 Å². The van der Waals surface area contributed by atoms with Gasteiger partial charge in [-0.2, -0.15) is 0 Å². The molecule has 7 heteroatoms. The predicted molar refractivity (Wildman–Crippen MR) is 106 cm³/mol. The van der Waals surface area contributed by atoms with Crippen LogP contribution < -0.4 is 9.47 Å². The molecule has 0 atom stereocenters. The van der Waals surface area contributed by atoms with Crippen LogP contribution in [-0.2, 0) is 14.6 Å². The maximum atomic E-state index is 12.8. The van der Waals surface area contributed by atoms with Crippen LogP contribution in [0, 0.1) is 6.92 Å². The molecule has 0 aromatic heterocycles. The van der Waals surface area contributed by atoms with Gasteiger partial charge < -0.3 is 14.4 Å². The Morgan fingerprint density at radius 2 is 1.71 bits per heavy atom. The second kappa shape index (κ2) is 8.65. The minimum atomic E-state index is -3.42. The average molecular weight is 404 g/mol. The van der Waals surface area contributed by atoms with E-state index < -0.39 is 15.1 Å². The molecule has 0 saturated carbocycles. The molecular formula is C21H25NO5S. The lowest BCUT2D eigenvalue weighted by Gasteiger charge is -2.31. The quantitative estimate of drug-likeness (QED) is 0.742. The van der Waals surface area contributed by atoms with Crippen molar-refractivity contribution in [2.24, 2.45) is 0 Å². The normalized spacial score (nSPS) is 15.3. The third kappa shape index (κ3) is 4.47. The topological polar surface area (TPSA) is 72.9 Å². The first-order valence-corrected chi connectivity index (χ1v) is 10.8. The van der Waals surface area contributed by atoms with Crippen LogP contribution in [0.25, 0.3) is 0 Å². The molecule has 0 N–H and O–H groups in total. The van der Waals surface area contributed by atoms with Crippen LogP contribution in [0.4, 0.5) is 0 Å². The molecule has 28 heavy (non-hydrogen) atoms. The number of piperidine rings is 1. The highest BCUT2D eigenvalue weighted by molar-refractivity contribution is 7.92. The van der Waals surface area contributed by atoms with Gasteiger partial charge in [0.2, 0.25) is 0 Å². The van der Waals surface area contributed by atoms with Crippen LogP contribution in [-0.4, -0.2) is 51.3 Å². The van der Waals surface area contributed by atoms with Crippen molar-refractivity contribution in [2.45, 2.75) is 29.9 Å². The summed E-state index contributed by atoms with van der Waals surface area (Å²) < 4.78 is 36.4. The number of para-hydroxylation sites is 1. The average Bonchev–Trinajstić information content (AvgIpc) is 2.73. The fourth-order valence-corrected chi connectivity index (χ4v) is 5.05. The molecule has 1 saturated heterocycles. The monoisotopic (exact) mass is 403 g/mol. The number of hydrogen-bond donors (Lipinski definition) is 0. The molecule has 2 aromatic rings. The Labute approximate surface area is 166 Å². The number of methoxy groups -OCH3 is 1. The van der Waals surface area contributed by atoms with Crippen LogP contribution in [0.5, 0.6) is 11.5 Å². The number of aryl methyl sites for hydroxylation is 1. The standard InChI is InChI=1S/C21H25NO5S/c1-16-5-3-4-6-20(16)27-15-21(23)22-13-11-19(12-14-22)28(24,25)18-9-7-17(26-2)8-10-18/h3-10,19H,11-15H2,1-2H3. The molecule has 6 nitrogen and oxygen atoms in total. The molecule has 0 unspecified atom stereocenters. The zero-order chi connectivity index (χ0) is 20.1. The minimum Gasteiger partial charge on any atom is -0.497 e. The van der Waals surface area contributed by atoms with Gasteiger partial charge in [0.1, 0.15) is 11.5 Å². The van der Waals surface area contributed by atoms with E-state index in [0.717, 1.165) is 5.56 Å².